The fourth-order valence-corrected chi connectivity index (χ4v) is 2.62. The van der Waals surface area contributed by atoms with Gasteiger partial charge < -0.3 is 11.1 Å². The van der Waals surface area contributed by atoms with E-state index in [2.05, 4.69) is 16.8 Å². The topological polar surface area (TPSA) is 55.1 Å². The molecule has 2 aromatic rings. The lowest BCUT2D eigenvalue weighted by Gasteiger charge is -2.09. The van der Waals surface area contributed by atoms with E-state index in [1.807, 2.05) is 25.1 Å². The summed E-state index contributed by atoms with van der Waals surface area (Å²) in [6, 6.07) is 9.69. The summed E-state index contributed by atoms with van der Waals surface area (Å²) in [5.74, 6) is 0.0465. The van der Waals surface area contributed by atoms with E-state index in [0.29, 0.717) is 12.1 Å². The number of nitrogens with two attached hydrogens (primary N) is 1. The molecule has 1 aromatic carbocycles. The number of aryl methyl sites for hydroxylation is 2. The molecule has 0 spiro atoms. The number of rotatable bonds is 5. The zero-order chi connectivity index (χ0) is 13.7. The SMILES string of the molecule is Cc1ccc(N)cc1NC(=O)CCCc1cccs1.Cl. The normalized spacial score (nSPS) is 9.85. The zero-order valence-electron chi connectivity index (χ0n) is 11.4. The Kier molecular flexibility index (Phi) is 6.55. The first-order valence-corrected chi connectivity index (χ1v) is 7.21. The Balaban J connectivity index is 0.00000200. The van der Waals surface area contributed by atoms with E-state index in [9.17, 15) is 4.79 Å². The van der Waals surface area contributed by atoms with Crippen LogP contribution in [-0.2, 0) is 11.2 Å². The van der Waals surface area contributed by atoms with Crippen LogP contribution in [0.15, 0.2) is 35.7 Å². The highest BCUT2D eigenvalue weighted by Crippen LogP contribution is 2.19. The van der Waals surface area contributed by atoms with Gasteiger partial charge in [-0.3, -0.25) is 4.79 Å². The second-order valence-corrected chi connectivity index (χ2v) is 5.59. The molecule has 108 valence electrons. The van der Waals surface area contributed by atoms with Crippen molar-refractivity contribution in [3.05, 3.63) is 46.2 Å². The van der Waals surface area contributed by atoms with Crippen molar-refractivity contribution in [3.63, 3.8) is 0 Å². The van der Waals surface area contributed by atoms with Crippen molar-refractivity contribution in [2.75, 3.05) is 11.1 Å². The predicted octanol–water partition coefficient (Wildman–Crippen LogP) is 4.02. The number of benzene rings is 1. The maximum atomic E-state index is 11.9. The summed E-state index contributed by atoms with van der Waals surface area (Å²) < 4.78 is 0. The summed E-state index contributed by atoms with van der Waals surface area (Å²) in [5.41, 5.74) is 8.22. The summed E-state index contributed by atoms with van der Waals surface area (Å²) in [4.78, 5) is 13.2. The Morgan fingerprint density at radius 3 is 2.85 bits per heavy atom. The summed E-state index contributed by atoms with van der Waals surface area (Å²) in [5, 5.41) is 4.98. The first-order valence-electron chi connectivity index (χ1n) is 6.33. The molecule has 5 heteroatoms. The summed E-state index contributed by atoms with van der Waals surface area (Å²) in [7, 11) is 0. The largest absolute Gasteiger partial charge is 0.399 e. The maximum absolute atomic E-state index is 11.9. The van der Waals surface area contributed by atoms with E-state index in [1.54, 1.807) is 17.4 Å². The summed E-state index contributed by atoms with van der Waals surface area (Å²) >= 11 is 1.73. The zero-order valence-corrected chi connectivity index (χ0v) is 13.0. The van der Waals surface area contributed by atoms with Crippen LogP contribution < -0.4 is 11.1 Å². The number of hydrogen-bond donors (Lipinski definition) is 2. The van der Waals surface area contributed by atoms with E-state index >= 15 is 0 Å². The third-order valence-corrected chi connectivity index (χ3v) is 3.88. The van der Waals surface area contributed by atoms with Crippen LogP contribution in [0.5, 0.6) is 0 Å². The van der Waals surface area contributed by atoms with Gasteiger partial charge in [-0.25, -0.2) is 0 Å². The summed E-state index contributed by atoms with van der Waals surface area (Å²) in [6.45, 7) is 1.96. The molecule has 1 amide bonds. The molecule has 20 heavy (non-hydrogen) atoms. The standard InChI is InChI=1S/C15H18N2OS.ClH/c1-11-7-8-12(16)10-14(11)17-15(18)6-2-4-13-5-3-9-19-13;/h3,5,7-10H,2,4,6,16H2,1H3,(H,17,18);1H. The maximum Gasteiger partial charge on any atom is 0.224 e. The Morgan fingerprint density at radius 2 is 2.15 bits per heavy atom. The van der Waals surface area contributed by atoms with Gasteiger partial charge in [0.1, 0.15) is 0 Å². The molecule has 0 unspecified atom stereocenters. The van der Waals surface area contributed by atoms with Crippen molar-refractivity contribution >= 4 is 41.0 Å². The Morgan fingerprint density at radius 1 is 1.35 bits per heavy atom. The van der Waals surface area contributed by atoms with Crippen molar-refractivity contribution in [2.45, 2.75) is 26.2 Å². The van der Waals surface area contributed by atoms with Crippen molar-refractivity contribution in [1.82, 2.24) is 0 Å². The molecular weight excluding hydrogens is 292 g/mol. The van der Waals surface area contributed by atoms with Gasteiger partial charge in [0.15, 0.2) is 0 Å². The number of carbonyl (C=O) groups is 1. The molecule has 0 aliphatic carbocycles. The average molecular weight is 311 g/mol. The number of nitrogen functional groups attached to an aromatic ring is 1. The highest BCUT2D eigenvalue weighted by molar-refractivity contribution is 7.09. The van der Waals surface area contributed by atoms with Gasteiger partial charge in [0.25, 0.3) is 0 Å². The number of anilines is 2. The highest BCUT2D eigenvalue weighted by atomic mass is 35.5. The molecule has 2 rings (SSSR count). The lowest BCUT2D eigenvalue weighted by atomic mass is 10.1. The van der Waals surface area contributed by atoms with Gasteiger partial charge in [0, 0.05) is 22.7 Å². The van der Waals surface area contributed by atoms with Gasteiger partial charge in [-0.1, -0.05) is 12.1 Å². The van der Waals surface area contributed by atoms with Crippen LogP contribution in [0.4, 0.5) is 11.4 Å². The van der Waals surface area contributed by atoms with Crippen LogP contribution in [0.3, 0.4) is 0 Å². The summed E-state index contributed by atoms with van der Waals surface area (Å²) in [6.07, 6.45) is 2.36. The molecule has 0 atom stereocenters. The molecule has 0 saturated heterocycles. The van der Waals surface area contributed by atoms with Crippen molar-refractivity contribution in [2.24, 2.45) is 0 Å². The Hall–Kier alpha value is -1.52. The molecule has 0 aliphatic heterocycles. The molecular formula is C15H19ClN2OS. The molecule has 3 N–H and O–H groups in total. The third-order valence-electron chi connectivity index (χ3n) is 2.94. The van der Waals surface area contributed by atoms with E-state index in [0.717, 1.165) is 24.1 Å². The van der Waals surface area contributed by atoms with E-state index in [4.69, 9.17) is 5.73 Å². The van der Waals surface area contributed by atoms with Crippen LogP contribution in [0.1, 0.15) is 23.3 Å². The van der Waals surface area contributed by atoms with Crippen LogP contribution in [0.2, 0.25) is 0 Å². The Labute approximate surface area is 129 Å². The van der Waals surface area contributed by atoms with E-state index in [1.165, 1.54) is 4.88 Å². The number of carbonyl (C=O) groups excluding carboxylic acids is 1. The fourth-order valence-electron chi connectivity index (χ4n) is 1.86. The second-order valence-electron chi connectivity index (χ2n) is 4.56. The second kappa shape index (κ2) is 7.92. The van der Waals surface area contributed by atoms with Gasteiger partial charge in [-0.15, -0.1) is 23.7 Å². The van der Waals surface area contributed by atoms with Crippen LogP contribution in [0.25, 0.3) is 0 Å². The first kappa shape index (κ1) is 16.5. The van der Waals surface area contributed by atoms with Crippen molar-refractivity contribution < 1.29 is 4.79 Å². The predicted molar refractivity (Wildman–Crippen MR) is 88.7 cm³/mol. The molecule has 3 nitrogen and oxygen atoms in total. The molecule has 0 aliphatic rings. The number of nitrogens with one attached hydrogen (secondary N) is 1. The Bertz CT molecular complexity index is 555. The van der Waals surface area contributed by atoms with Crippen LogP contribution in [0, 0.1) is 6.92 Å². The number of thiophene rings is 1. The minimum Gasteiger partial charge on any atom is -0.399 e. The van der Waals surface area contributed by atoms with Crippen molar-refractivity contribution in [3.8, 4) is 0 Å². The minimum absolute atomic E-state index is 0. The monoisotopic (exact) mass is 310 g/mol. The first-order chi connectivity index (χ1) is 9.15. The molecule has 0 bridgehead atoms. The fraction of sp³-hybridized carbons (Fsp3) is 0.267. The lowest BCUT2D eigenvalue weighted by Crippen LogP contribution is -2.12. The molecule has 1 aromatic heterocycles. The number of amides is 1. The lowest BCUT2D eigenvalue weighted by molar-refractivity contribution is -0.116. The van der Waals surface area contributed by atoms with Gasteiger partial charge in [-0.2, -0.15) is 0 Å². The van der Waals surface area contributed by atoms with Gasteiger partial charge in [-0.05, 0) is 48.9 Å². The number of halogens is 1. The van der Waals surface area contributed by atoms with E-state index < -0.39 is 0 Å². The van der Waals surface area contributed by atoms with Gasteiger partial charge >= 0.3 is 0 Å². The average Bonchev–Trinajstić information content (AvgIpc) is 2.87. The third kappa shape index (κ3) is 4.87. The molecule has 0 radical (unpaired) electrons. The molecule has 1 heterocycles. The van der Waals surface area contributed by atoms with E-state index in [-0.39, 0.29) is 18.3 Å². The molecule has 0 saturated carbocycles. The smallest absolute Gasteiger partial charge is 0.224 e. The van der Waals surface area contributed by atoms with Crippen molar-refractivity contribution in [1.29, 1.82) is 0 Å². The van der Waals surface area contributed by atoms with Gasteiger partial charge in [0.05, 0.1) is 0 Å². The minimum atomic E-state index is 0. The number of hydrogen-bond acceptors (Lipinski definition) is 3. The van der Waals surface area contributed by atoms with Crippen LogP contribution in [-0.4, -0.2) is 5.91 Å². The highest BCUT2D eigenvalue weighted by Gasteiger charge is 2.05. The van der Waals surface area contributed by atoms with Crippen LogP contribution >= 0.6 is 23.7 Å². The quantitative estimate of drug-likeness (QED) is 0.819. The molecule has 0 fully saturated rings. The van der Waals surface area contributed by atoms with Gasteiger partial charge in [0.2, 0.25) is 5.91 Å².